The van der Waals surface area contributed by atoms with Crippen LogP contribution in [0.5, 0.6) is 5.75 Å². The van der Waals surface area contributed by atoms with Crippen molar-refractivity contribution in [3.63, 3.8) is 0 Å². The van der Waals surface area contributed by atoms with Crippen LogP contribution in [0.3, 0.4) is 0 Å². The van der Waals surface area contributed by atoms with Gasteiger partial charge in [-0.15, -0.1) is 11.3 Å². The summed E-state index contributed by atoms with van der Waals surface area (Å²) in [6.07, 6.45) is 3.19. The molecule has 1 N–H and O–H groups in total. The zero-order chi connectivity index (χ0) is 23.6. The summed E-state index contributed by atoms with van der Waals surface area (Å²) in [6.45, 7) is 4.74. The molecule has 3 aromatic rings. The molecule has 0 radical (unpaired) electrons. The van der Waals surface area contributed by atoms with E-state index in [4.69, 9.17) is 16.3 Å². The van der Waals surface area contributed by atoms with Gasteiger partial charge in [-0.25, -0.2) is 4.98 Å². The van der Waals surface area contributed by atoms with Crippen LogP contribution in [0.1, 0.15) is 48.1 Å². The summed E-state index contributed by atoms with van der Waals surface area (Å²) in [4.78, 5) is 32.0. The summed E-state index contributed by atoms with van der Waals surface area (Å²) in [5.74, 6) is 0.989. The Hall–Kier alpha value is -2.91. The van der Waals surface area contributed by atoms with Crippen LogP contribution in [-0.2, 0) is 11.8 Å². The molecule has 174 valence electrons. The molecule has 3 heterocycles. The number of aryl methyl sites for hydroxylation is 1. The van der Waals surface area contributed by atoms with Crippen molar-refractivity contribution < 1.29 is 14.3 Å². The molecule has 0 spiro atoms. The average molecular weight is 488 g/mol. The van der Waals surface area contributed by atoms with Gasteiger partial charge >= 0.3 is 0 Å². The van der Waals surface area contributed by atoms with Crippen molar-refractivity contribution >= 4 is 40.6 Å². The highest BCUT2D eigenvalue weighted by Crippen LogP contribution is 2.33. The van der Waals surface area contributed by atoms with E-state index in [0.29, 0.717) is 35.4 Å². The molecule has 10 heteroatoms. The maximum atomic E-state index is 13.1. The summed E-state index contributed by atoms with van der Waals surface area (Å²) in [5, 5.41) is 10.0. The molecule has 0 bridgehead atoms. The van der Waals surface area contributed by atoms with E-state index in [-0.39, 0.29) is 17.7 Å². The van der Waals surface area contributed by atoms with Crippen molar-refractivity contribution in [2.45, 2.75) is 38.2 Å². The molecule has 0 unspecified atom stereocenters. The third kappa shape index (κ3) is 5.20. The molecule has 0 atom stereocenters. The lowest BCUT2D eigenvalue weighted by atomic mass is 9.96. The highest BCUT2D eigenvalue weighted by atomic mass is 35.5. The Kier molecular flexibility index (Phi) is 6.71. The van der Waals surface area contributed by atoms with Crippen molar-refractivity contribution in [2.24, 2.45) is 7.05 Å². The first-order valence-corrected chi connectivity index (χ1v) is 12.0. The van der Waals surface area contributed by atoms with Gasteiger partial charge < -0.3 is 15.0 Å². The Balaban J connectivity index is 1.34. The first kappa shape index (κ1) is 23.3. The van der Waals surface area contributed by atoms with E-state index in [0.717, 1.165) is 17.8 Å². The average Bonchev–Trinajstić information content (AvgIpc) is 3.44. The van der Waals surface area contributed by atoms with Crippen LogP contribution < -0.4 is 10.1 Å². The van der Waals surface area contributed by atoms with Gasteiger partial charge in [0.05, 0.1) is 16.2 Å². The van der Waals surface area contributed by atoms with Crippen molar-refractivity contribution in [3.8, 4) is 5.75 Å². The number of aromatic nitrogens is 3. The molecule has 1 fully saturated rings. The van der Waals surface area contributed by atoms with Gasteiger partial charge in [0, 0.05) is 37.5 Å². The first-order chi connectivity index (χ1) is 15.7. The number of benzene rings is 1. The van der Waals surface area contributed by atoms with Crippen molar-refractivity contribution in [1.29, 1.82) is 0 Å². The smallest absolute Gasteiger partial charge is 0.276 e. The maximum absolute atomic E-state index is 13.1. The molecule has 0 saturated carbocycles. The molecule has 33 heavy (non-hydrogen) atoms. The Bertz CT molecular complexity index is 1150. The number of likely N-dealkylation sites (tertiary alicyclic amines) is 1. The highest BCUT2D eigenvalue weighted by Gasteiger charge is 2.37. The predicted octanol–water partition coefficient (Wildman–Crippen LogP) is 4.35. The van der Waals surface area contributed by atoms with Crippen LogP contribution in [-0.4, -0.2) is 50.2 Å². The number of anilines is 1. The Morgan fingerprint density at radius 3 is 2.61 bits per heavy atom. The molecule has 0 aliphatic carbocycles. The summed E-state index contributed by atoms with van der Waals surface area (Å²) in [6, 6.07) is 8.87. The fourth-order valence-electron chi connectivity index (χ4n) is 3.81. The van der Waals surface area contributed by atoms with Crippen molar-refractivity contribution in [3.05, 3.63) is 57.6 Å². The molecular formula is C23H26ClN5O3S. The lowest BCUT2D eigenvalue weighted by molar-refractivity contribution is -0.146. The monoisotopic (exact) mass is 487 g/mol. The van der Waals surface area contributed by atoms with E-state index in [9.17, 15) is 9.59 Å². The number of nitrogens with one attached hydrogen (secondary N) is 1. The normalized spacial score (nSPS) is 14.8. The molecule has 2 amide bonds. The summed E-state index contributed by atoms with van der Waals surface area (Å²) in [7, 11) is 1.76. The van der Waals surface area contributed by atoms with E-state index in [1.807, 2.05) is 17.0 Å². The third-order valence-electron chi connectivity index (χ3n) is 5.67. The molecule has 2 aromatic heterocycles. The molecule has 4 rings (SSSR count). The number of carbonyl (C=O) groups excluding carboxylic acids is 2. The molecule has 8 nitrogen and oxygen atoms in total. The fraction of sp³-hybridized carbons (Fsp3) is 0.391. The van der Waals surface area contributed by atoms with Crippen LogP contribution in [0.25, 0.3) is 0 Å². The van der Waals surface area contributed by atoms with Crippen LogP contribution in [0.4, 0.5) is 5.82 Å². The lowest BCUT2D eigenvalue weighted by Crippen LogP contribution is -2.51. The minimum Gasteiger partial charge on any atom is -0.476 e. The van der Waals surface area contributed by atoms with Gasteiger partial charge in [0.1, 0.15) is 17.3 Å². The van der Waals surface area contributed by atoms with E-state index < -0.39 is 5.60 Å². The van der Waals surface area contributed by atoms with Crippen molar-refractivity contribution in [2.75, 3.05) is 18.4 Å². The zero-order valence-electron chi connectivity index (χ0n) is 18.7. The maximum Gasteiger partial charge on any atom is 0.276 e. The van der Waals surface area contributed by atoms with Gasteiger partial charge in [0.2, 0.25) is 0 Å². The van der Waals surface area contributed by atoms with E-state index in [1.54, 1.807) is 55.4 Å². The van der Waals surface area contributed by atoms with Gasteiger partial charge in [-0.2, -0.15) is 5.10 Å². The number of hydrogen-bond donors (Lipinski definition) is 1. The number of halogens is 1. The van der Waals surface area contributed by atoms with E-state index >= 15 is 0 Å². The number of amides is 2. The predicted molar refractivity (Wildman–Crippen MR) is 128 cm³/mol. The number of piperidine rings is 1. The van der Waals surface area contributed by atoms with Crippen LogP contribution in [0.2, 0.25) is 5.02 Å². The zero-order valence-corrected chi connectivity index (χ0v) is 20.3. The number of hydrogen-bond acceptors (Lipinski definition) is 6. The van der Waals surface area contributed by atoms with Crippen LogP contribution >= 0.6 is 22.9 Å². The number of carbonyl (C=O) groups is 2. The Morgan fingerprint density at radius 2 is 1.94 bits per heavy atom. The standard InChI is InChI=1S/C23H26ClN5O3S/c1-23(2,32-18-7-5-4-6-16(18)24)22(31)29-12-9-15(10-13-29)21-26-17(14-33-21)20(30)27-19-8-11-25-28(19)3/h4-8,11,14-15H,9-10,12-13H2,1-3H3,(H,27,30). The first-order valence-electron chi connectivity index (χ1n) is 10.7. The molecular weight excluding hydrogens is 462 g/mol. The number of ether oxygens (including phenoxy) is 1. The second kappa shape index (κ2) is 9.52. The van der Waals surface area contributed by atoms with Crippen molar-refractivity contribution in [1.82, 2.24) is 19.7 Å². The molecule has 1 aliphatic rings. The minimum atomic E-state index is -1.03. The molecule has 1 saturated heterocycles. The SMILES string of the molecule is Cn1nccc1NC(=O)c1csc(C2CCN(C(=O)C(C)(C)Oc3ccccc3Cl)CC2)n1. The van der Waals surface area contributed by atoms with Gasteiger partial charge in [-0.1, -0.05) is 23.7 Å². The van der Waals surface area contributed by atoms with E-state index in [2.05, 4.69) is 15.4 Å². The Labute approximate surface area is 201 Å². The number of para-hydroxylation sites is 1. The quantitative estimate of drug-likeness (QED) is 0.558. The summed E-state index contributed by atoms with van der Waals surface area (Å²) in [5.41, 5.74) is -0.639. The second-order valence-corrected chi connectivity index (χ2v) is 9.77. The van der Waals surface area contributed by atoms with Crippen LogP contribution in [0.15, 0.2) is 41.9 Å². The number of rotatable bonds is 6. The minimum absolute atomic E-state index is 0.0729. The largest absolute Gasteiger partial charge is 0.476 e. The van der Waals surface area contributed by atoms with Gasteiger partial charge in [0.15, 0.2) is 5.60 Å². The second-order valence-electron chi connectivity index (χ2n) is 8.47. The third-order valence-corrected chi connectivity index (χ3v) is 6.98. The Morgan fingerprint density at radius 1 is 1.21 bits per heavy atom. The summed E-state index contributed by atoms with van der Waals surface area (Å²) < 4.78 is 7.55. The van der Waals surface area contributed by atoms with Gasteiger partial charge in [-0.05, 0) is 38.8 Å². The highest BCUT2D eigenvalue weighted by molar-refractivity contribution is 7.10. The van der Waals surface area contributed by atoms with Crippen LogP contribution in [0, 0.1) is 0 Å². The fourth-order valence-corrected chi connectivity index (χ4v) is 4.96. The molecule has 1 aromatic carbocycles. The topological polar surface area (TPSA) is 89.4 Å². The molecule has 1 aliphatic heterocycles. The van der Waals surface area contributed by atoms with Gasteiger partial charge in [0.25, 0.3) is 11.8 Å². The number of nitrogens with zero attached hydrogens (tertiary/aromatic N) is 4. The number of thiazole rings is 1. The van der Waals surface area contributed by atoms with E-state index in [1.165, 1.54) is 11.3 Å². The summed E-state index contributed by atoms with van der Waals surface area (Å²) >= 11 is 7.67. The lowest BCUT2D eigenvalue weighted by Gasteiger charge is -2.36. The van der Waals surface area contributed by atoms with Gasteiger partial charge in [-0.3, -0.25) is 14.3 Å².